The first-order valence-corrected chi connectivity index (χ1v) is 11.0. The summed E-state index contributed by atoms with van der Waals surface area (Å²) in [6.07, 6.45) is -0.579. The molecule has 0 radical (unpaired) electrons. The van der Waals surface area contributed by atoms with Gasteiger partial charge in [-0.2, -0.15) is 5.26 Å². The summed E-state index contributed by atoms with van der Waals surface area (Å²) in [5, 5.41) is 9.65. The van der Waals surface area contributed by atoms with Crippen molar-refractivity contribution in [1.29, 1.82) is 5.26 Å². The summed E-state index contributed by atoms with van der Waals surface area (Å²) in [7, 11) is -2.03. The summed E-state index contributed by atoms with van der Waals surface area (Å²) in [5.74, 6) is 1.48. The first kappa shape index (κ1) is 18.2. The number of ether oxygens (including phenoxy) is 1. The summed E-state index contributed by atoms with van der Waals surface area (Å²) < 4.78 is 12.1. The van der Waals surface area contributed by atoms with E-state index in [1.807, 2.05) is 54.6 Å². The summed E-state index contributed by atoms with van der Waals surface area (Å²) in [5.41, 5.74) is 0.829. The SMILES string of the molecule is CC(C)(C)[Si](C)(C)O[C@@H](C#N)c1cccc(Oc2ccccc2)c1. The van der Waals surface area contributed by atoms with E-state index in [1.165, 1.54) is 0 Å². The summed E-state index contributed by atoms with van der Waals surface area (Å²) in [6, 6.07) is 19.5. The monoisotopic (exact) mass is 339 g/mol. The smallest absolute Gasteiger partial charge is 0.194 e. The Morgan fingerprint density at radius 1 is 0.958 bits per heavy atom. The highest BCUT2D eigenvalue weighted by atomic mass is 28.4. The molecule has 2 aromatic carbocycles. The molecule has 2 aromatic rings. The summed E-state index contributed by atoms with van der Waals surface area (Å²) in [4.78, 5) is 0. The van der Waals surface area contributed by atoms with Crippen LogP contribution in [0.4, 0.5) is 0 Å². The van der Waals surface area contributed by atoms with Crippen LogP contribution in [0.3, 0.4) is 0 Å². The van der Waals surface area contributed by atoms with E-state index in [-0.39, 0.29) is 5.04 Å². The molecule has 0 heterocycles. The molecule has 0 bridgehead atoms. The number of hydrogen-bond donors (Lipinski definition) is 0. The average molecular weight is 340 g/mol. The lowest BCUT2D eigenvalue weighted by Crippen LogP contribution is -2.41. The summed E-state index contributed by atoms with van der Waals surface area (Å²) >= 11 is 0. The molecule has 0 fully saturated rings. The molecular formula is C20H25NO2Si. The van der Waals surface area contributed by atoms with Crippen molar-refractivity contribution < 1.29 is 9.16 Å². The van der Waals surface area contributed by atoms with Gasteiger partial charge in [-0.15, -0.1) is 0 Å². The van der Waals surface area contributed by atoms with Crippen LogP contribution in [-0.4, -0.2) is 8.32 Å². The second-order valence-electron chi connectivity index (χ2n) is 7.37. The Bertz CT molecular complexity index is 714. The van der Waals surface area contributed by atoms with Crippen LogP contribution in [0.5, 0.6) is 11.5 Å². The van der Waals surface area contributed by atoms with Gasteiger partial charge >= 0.3 is 0 Å². The molecule has 4 heteroatoms. The third kappa shape index (κ3) is 4.47. The molecule has 0 saturated carbocycles. The number of nitrogens with zero attached hydrogens (tertiary/aromatic N) is 1. The van der Waals surface area contributed by atoms with Crippen molar-refractivity contribution in [2.45, 2.75) is 45.0 Å². The lowest BCUT2D eigenvalue weighted by molar-refractivity contribution is 0.235. The topological polar surface area (TPSA) is 42.2 Å². The van der Waals surface area contributed by atoms with E-state index in [1.54, 1.807) is 0 Å². The predicted octanol–water partition coefficient (Wildman–Crippen LogP) is 6.07. The number of hydrogen-bond acceptors (Lipinski definition) is 3. The maximum Gasteiger partial charge on any atom is 0.194 e. The van der Waals surface area contributed by atoms with Crippen LogP contribution < -0.4 is 4.74 Å². The molecule has 0 aromatic heterocycles. The Labute approximate surface area is 146 Å². The van der Waals surface area contributed by atoms with Gasteiger partial charge in [0.15, 0.2) is 14.4 Å². The lowest BCUT2D eigenvalue weighted by atomic mass is 10.1. The fourth-order valence-electron chi connectivity index (χ4n) is 2.01. The van der Waals surface area contributed by atoms with Gasteiger partial charge in [0.25, 0.3) is 0 Å². The van der Waals surface area contributed by atoms with Gasteiger partial charge in [-0.1, -0.05) is 51.1 Å². The van der Waals surface area contributed by atoms with Gasteiger partial charge in [-0.05, 0) is 48.0 Å². The minimum Gasteiger partial charge on any atom is -0.457 e. The van der Waals surface area contributed by atoms with Crippen molar-refractivity contribution in [2.75, 3.05) is 0 Å². The van der Waals surface area contributed by atoms with Crippen molar-refractivity contribution in [3.05, 3.63) is 60.2 Å². The fourth-order valence-corrected chi connectivity index (χ4v) is 3.14. The van der Waals surface area contributed by atoms with Crippen molar-refractivity contribution >= 4 is 8.32 Å². The van der Waals surface area contributed by atoms with E-state index in [2.05, 4.69) is 39.9 Å². The Balaban J connectivity index is 2.21. The molecule has 2 rings (SSSR count). The largest absolute Gasteiger partial charge is 0.457 e. The molecule has 0 N–H and O–H groups in total. The predicted molar refractivity (Wildman–Crippen MR) is 99.6 cm³/mol. The third-order valence-corrected chi connectivity index (χ3v) is 8.91. The van der Waals surface area contributed by atoms with E-state index in [0.717, 1.165) is 11.3 Å². The van der Waals surface area contributed by atoms with E-state index in [4.69, 9.17) is 9.16 Å². The van der Waals surface area contributed by atoms with Crippen molar-refractivity contribution in [3.8, 4) is 17.6 Å². The van der Waals surface area contributed by atoms with Gasteiger partial charge in [0.05, 0.1) is 6.07 Å². The molecule has 126 valence electrons. The molecule has 0 amide bonds. The van der Waals surface area contributed by atoms with Crippen LogP contribution in [0, 0.1) is 11.3 Å². The van der Waals surface area contributed by atoms with Crippen LogP contribution in [0.15, 0.2) is 54.6 Å². The molecule has 0 saturated heterocycles. The first-order chi connectivity index (χ1) is 11.2. The molecule has 0 spiro atoms. The fraction of sp³-hybridized carbons (Fsp3) is 0.350. The van der Waals surface area contributed by atoms with Crippen LogP contribution in [0.25, 0.3) is 0 Å². The van der Waals surface area contributed by atoms with Gasteiger partial charge in [0, 0.05) is 0 Å². The van der Waals surface area contributed by atoms with Gasteiger partial charge in [0.2, 0.25) is 0 Å². The van der Waals surface area contributed by atoms with E-state index in [0.29, 0.717) is 5.75 Å². The highest BCUT2D eigenvalue weighted by Crippen LogP contribution is 2.40. The average Bonchev–Trinajstić information content (AvgIpc) is 2.53. The molecule has 1 atom stereocenters. The Hall–Kier alpha value is -2.09. The van der Waals surface area contributed by atoms with E-state index in [9.17, 15) is 5.26 Å². The number of nitriles is 1. The van der Waals surface area contributed by atoms with Crippen LogP contribution in [0.1, 0.15) is 32.4 Å². The highest BCUT2D eigenvalue weighted by Gasteiger charge is 2.39. The van der Waals surface area contributed by atoms with Crippen molar-refractivity contribution in [2.24, 2.45) is 0 Å². The molecule has 3 nitrogen and oxygen atoms in total. The quantitative estimate of drug-likeness (QED) is 0.621. The third-order valence-electron chi connectivity index (χ3n) is 4.48. The number of benzene rings is 2. The molecule has 24 heavy (non-hydrogen) atoms. The van der Waals surface area contributed by atoms with Crippen molar-refractivity contribution in [3.63, 3.8) is 0 Å². The van der Waals surface area contributed by atoms with Gasteiger partial charge in [-0.25, -0.2) is 0 Å². The number of para-hydroxylation sites is 1. The van der Waals surface area contributed by atoms with Gasteiger partial charge < -0.3 is 9.16 Å². The van der Waals surface area contributed by atoms with Gasteiger partial charge in [0.1, 0.15) is 11.5 Å². The van der Waals surface area contributed by atoms with Crippen LogP contribution in [-0.2, 0) is 4.43 Å². The zero-order valence-corrected chi connectivity index (χ0v) is 16.0. The van der Waals surface area contributed by atoms with E-state index >= 15 is 0 Å². The first-order valence-electron chi connectivity index (χ1n) is 8.13. The molecule has 0 aliphatic carbocycles. The second kappa shape index (κ2) is 7.21. The molecular weight excluding hydrogens is 314 g/mol. The second-order valence-corrected chi connectivity index (χ2v) is 12.1. The Morgan fingerprint density at radius 3 is 2.17 bits per heavy atom. The van der Waals surface area contributed by atoms with Crippen LogP contribution in [0.2, 0.25) is 18.1 Å². The van der Waals surface area contributed by atoms with Crippen LogP contribution >= 0.6 is 0 Å². The lowest BCUT2D eigenvalue weighted by Gasteiger charge is -2.37. The normalized spacial score (nSPS) is 13.2. The Kier molecular flexibility index (Phi) is 5.48. The molecule has 0 aliphatic rings. The van der Waals surface area contributed by atoms with Crippen molar-refractivity contribution in [1.82, 2.24) is 0 Å². The molecule has 0 unspecified atom stereocenters. The zero-order chi connectivity index (χ0) is 17.8. The minimum absolute atomic E-state index is 0.0558. The standard InChI is InChI=1S/C20H25NO2Si/c1-20(2,3)24(4,5)23-19(15-21)16-10-9-13-18(14-16)22-17-11-7-6-8-12-17/h6-14,19H,1-5H3/t19-/m0/s1. The van der Waals surface area contributed by atoms with E-state index < -0.39 is 14.4 Å². The minimum atomic E-state index is -2.03. The molecule has 0 aliphatic heterocycles. The van der Waals surface area contributed by atoms with Gasteiger partial charge in [-0.3, -0.25) is 0 Å². The maximum absolute atomic E-state index is 9.60. The zero-order valence-electron chi connectivity index (χ0n) is 15.0. The highest BCUT2D eigenvalue weighted by molar-refractivity contribution is 6.74. The Morgan fingerprint density at radius 2 is 1.58 bits per heavy atom. The summed E-state index contributed by atoms with van der Waals surface area (Å²) in [6.45, 7) is 10.8. The number of rotatable bonds is 5. The maximum atomic E-state index is 9.60.